The lowest BCUT2D eigenvalue weighted by atomic mass is 10.1. The summed E-state index contributed by atoms with van der Waals surface area (Å²) in [7, 11) is 0. The van der Waals surface area contributed by atoms with Crippen LogP contribution < -0.4 is 5.32 Å². The first kappa shape index (κ1) is 20.6. The van der Waals surface area contributed by atoms with E-state index in [0.29, 0.717) is 17.1 Å². The highest BCUT2D eigenvalue weighted by atomic mass is 19.4. The number of benzene rings is 1. The van der Waals surface area contributed by atoms with Crippen LogP contribution >= 0.6 is 0 Å². The van der Waals surface area contributed by atoms with E-state index in [0.717, 1.165) is 12.1 Å². The summed E-state index contributed by atoms with van der Waals surface area (Å²) in [6.45, 7) is 0.159. The average Bonchev–Trinajstić information content (AvgIpc) is 3.39. The Balaban J connectivity index is 1.37. The zero-order chi connectivity index (χ0) is 22.0. The van der Waals surface area contributed by atoms with Crippen LogP contribution in [0.4, 0.5) is 18.9 Å². The van der Waals surface area contributed by atoms with Gasteiger partial charge >= 0.3 is 6.18 Å². The number of carbonyl (C=O) groups excluding carboxylic acids is 2. The number of halogens is 3. The van der Waals surface area contributed by atoms with E-state index < -0.39 is 17.7 Å². The van der Waals surface area contributed by atoms with Crippen molar-refractivity contribution >= 4 is 17.5 Å². The van der Waals surface area contributed by atoms with Crippen molar-refractivity contribution in [3.63, 3.8) is 0 Å². The van der Waals surface area contributed by atoms with Gasteiger partial charge in [-0.15, -0.1) is 0 Å². The molecule has 1 fully saturated rings. The van der Waals surface area contributed by atoms with Gasteiger partial charge in [-0.25, -0.2) is 9.67 Å². The van der Waals surface area contributed by atoms with Crippen molar-refractivity contribution in [1.29, 1.82) is 0 Å². The van der Waals surface area contributed by atoms with E-state index in [1.165, 1.54) is 23.2 Å². The molecule has 0 bridgehead atoms. The predicted octanol–water partition coefficient (Wildman–Crippen LogP) is 3.27. The molecule has 0 saturated carbocycles. The van der Waals surface area contributed by atoms with Crippen LogP contribution in [0.5, 0.6) is 0 Å². The standard InChI is InChI=1S/C21H18F3N5O2/c22-21(23,24)16-4-1-3-14(9-16)12-28-13-15(10-19(28)30)20(31)27-17-5-6-18(25-11-17)29-8-2-7-26-29/h1-9,11,15H,10,12-13H2,(H,27,31)/t15-/m1/s1. The molecule has 7 nitrogen and oxygen atoms in total. The number of carbonyl (C=O) groups is 2. The van der Waals surface area contributed by atoms with Gasteiger partial charge in [0, 0.05) is 31.9 Å². The molecule has 1 saturated heterocycles. The lowest BCUT2D eigenvalue weighted by Crippen LogP contribution is -2.28. The summed E-state index contributed by atoms with van der Waals surface area (Å²) in [6, 6.07) is 9.98. The zero-order valence-electron chi connectivity index (χ0n) is 16.2. The van der Waals surface area contributed by atoms with E-state index in [-0.39, 0.29) is 31.3 Å². The number of anilines is 1. The van der Waals surface area contributed by atoms with Crippen LogP contribution in [0, 0.1) is 5.92 Å². The summed E-state index contributed by atoms with van der Waals surface area (Å²) >= 11 is 0. The van der Waals surface area contributed by atoms with Crippen LogP contribution in [0.1, 0.15) is 17.5 Å². The summed E-state index contributed by atoms with van der Waals surface area (Å²) in [6.07, 6.45) is 0.410. The second-order valence-electron chi connectivity index (χ2n) is 7.22. The molecule has 1 aliphatic rings. The molecule has 31 heavy (non-hydrogen) atoms. The Morgan fingerprint density at radius 1 is 1.19 bits per heavy atom. The zero-order valence-corrected chi connectivity index (χ0v) is 16.2. The van der Waals surface area contributed by atoms with Crippen LogP contribution in [0.2, 0.25) is 0 Å². The van der Waals surface area contributed by atoms with Gasteiger partial charge in [0.05, 0.1) is 23.4 Å². The first-order chi connectivity index (χ1) is 14.8. The first-order valence-corrected chi connectivity index (χ1v) is 9.50. The van der Waals surface area contributed by atoms with Crippen molar-refractivity contribution in [2.45, 2.75) is 19.1 Å². The normalized spacial score (nSPS) is 16.5. The van der Waals surface area contributed by atoms with Crippen LogP contribution in [-0.4, -0.2) is 38.0 Å². The monoisotopic (exact) mass is 429 g/mol. The molecule has 0 unspecified atom stereocenters. The van der Waals surface area contributed by atoms with Gasteiger partial charge in [0.2, 0.25) is 11.8 Å². The molecule has 0 spiro atoms. The maximum absolute atomic E-state index is 12.9. The molecule has 0 aliphatic carbocycles. The van der Waals surface area contributed by atoms with Gasteiger partial charge in [-0.1, -0.05) is 12.1 Å². The number of nitrogens with zero attached hydrogens (tertiary/aromatic N) is 4. The summed E-state index contributed by atoms with van der Waals surface area (Å²) in [5, 5.41) is 6.80. The number of likely N-dealkylation sites (tertiary alicyclic amines) is 1. The third kappa shape index (κ3) is 4.73. The Bertz CT molecular complexity index is 1080. The third-order valence-electron chi connectivity index (χ3n) is 4.97. The highest BCUT2D eigenvalue weighted by molar-refractivity contribution is 5.97. The molecule has 2 aromatic heterocycles. The fourth-order valence-electron chi connectivity index (χ4n) is 3.41. The van der Waals surface area contributed by atoms with Crippen LogP contribution in [0.15, 0.2) is 61.1 Å². The molecule has 0 radical (unpaired) electrons. The topological polar surface area (TPSA) is 80.1 Å². The summed E-state index contributed by atoms with van der Waals surface area (Å²) in [4.78, 5) is 30.5. The van der Waals surface area contributed by atoms with Crippen molar-refractivity contribution in [3.05, 3.63) is 72.2 Å². The number of alkyl halides is 3. The molecule has 3 heterocycles. The number of pyridine rings is 1. The largest absolute Gasteiger partial charge is 0.416 e. The number of nitrogens with one attached hydrogen (secondary N) is 1. The van der Waals surface area contributed by atoms with Gasteiger partial charge in [-0.2, -0.15) is 18.3 Å². The van der Waals surface area contributed by atoms with Gasteiger partial charge in [-0.05, 0) is 35.9 Å². The number of amides is 2. The van der Waals surface area contributed by atoms with E-state index >= 15 is 0 Å². The van der Waals surface area contributed by atoms with Crippen LogP contribution in [-0.2, 0) is 22.3 Å². The van der Waals surface area contributed by atoms with Gasteiger partial charge in [0.15, 0.2) is 5.82 Å². The summed E-state index contributed by atoms with van der Waals surface area (Å²) in [5.41, 5.74) is 0.0734. The molecular weight excluding hydrogens is 411 g/mol. The van der Waals surface area contributed by atoms with Gasteiger partial charge < -0.3 is 10.2 Å². The van der Waals surface area contributed by atoms with Crippen LogP contribution in [0.25, 0.3) is 5.82 Å². The predicted molar refractivity (Wildman–Crippen MR) is 105 cm³/mol. The number of hydrogen-bond donors (Lipinski definition) is 1. The van der Waals surface area contributed by atoms with E-state index in [4.69, 9.17) is 0 Å². The molecule has 10 heteroatoms. The summed E-state index contributed by atoms with van der Waals surface area (Å²) in [5.74, 6) is -0.617. The number of hydrogen-bond acceptors (Lipinski definition) is 4. The Labute approximate surface area is 175 Å². The lowest BCUT2D eigenvalue weighted by Gasteiger charge is -2.17. The third-order valence-corrected chi connectivity index (χ3v) is 4.97. The van der Waals surface area contributed by atoms with Crippen molar-refractivity contribution in [3.8, 4) is 5.82 Å². The summed E-state index contributed by atoms with van der Waals surface area (Å²) < 4.78 is 40.3. The minimum absolute atomic E-state index is 0.00357. The molecule has 4 rings (SSSR count). The molecule has 160 valence electrons. The maximum Gasteiger partial charge on any atom is 0.416 e. The van der Waals surface area contributed by atoms with Gasteiger partial charge in [-0.3, -0.25) is 9.59 Å². The lowest BCUT2D eigenvalue weighted by molar-refractivity contribution is -0.137. The smallest absolute Gasteiger partial charge is 0.338 e. The second-order valence-corrected chi connectivity index (χ2v) is 7.22. The molecule has 1 atom stereocenters. The molecule has 1 N–H and O–H groups in total. The Morgan fingerprint density at radius 2 is 2.03 bits per heavy atom. The van der Waals surface area contributed by atoms with E-state index in [1.54, 1.807) is 35.3 Å². The highest BCUT2D eigenvalue weighted by Gasteiger charge is 2.35. The van der Waals surface area contributed by atoms with E-state index in [9.17, 15) is 22.8 Å². The van der Waals surface area contributed by atoms with E-state index in [2.05, 4.69) is 15.4 Å². The van der Waals surface area contributed by atoms with Crippen molar-refractivity contribution < 1.29 is 22.8 Å². The molecule has 1 aliphatic heterocycles. The van der Waals surface area contributed by atoms with Gasteiger partial charge in [0.25, 0.3) is 0 Å². The van der Waals surface area contributed by atoms with Gasteiger partial charge in [0.1, 0.15) is 0 Å². The minimum Gasteiger partial charge on any atom is -0.338 e. The highest BCUT2D eigenvalue weighted by Crippen LogP contribution is 2.30. The molecular formula is C21H18F3N5O2. The van der Waals surface area contributed by atoms with Crippen molar-refractivity contribution in [2.75, 3.05) is 11.9 Å². The molecule has 3 aromatic rings. The number of aromatic nitrogens is 3. The molecule has 1 aromatic carbocycles. The minimum atomic E-state index is -4.45. The van der Waals surface area contributed by atoms with Crippen molar-refractivity contribution in [1.82, 2.24) is 19.7 Å². The Kier molecular flexibility index (Phi) is 5.45. The van der Waals surface area contributed by atoms with Crippen LogP contribution in [0.3, 0.4) is 0 Å². The van der Waals surface area contributed by atoms with Crippen molar-refractivity contribution in [2.24, 2.45) is 5.92 Å². The molecule has 2 amide bonds. The average molecular weight is 429 g/mol. The quantitative estimate of drug-likeness (QED) is 0.675. The Morgan fingerprint density at radius 3 is 2.71 bits per heavy atom. The SMILES string of the molecule is O=C(Nc1ccc(-n2cccn2)nc1)[C@@H]1CC(=O)N(Cc2cccc(C(F)(F)F)c2)C1. The van der Waals surface area contributed by atoms with E-state index in [1.807, 2.05) is 0 Å². The fraction of sp³-hybridized carbons (Fsp3) is 0.238. The fourth-order valence-corrected chi connectivity index (χ4v) is 3.41. The number of rotatable bonds is 5. The second kappa shape index (κ2) is 8.21. The Hall–Kier alpha value is -3.69. The first-order valence-electron chi connectivity index (χ1n) is 9.50. The maximum atomic E-state index is 12.9.